The van der Waals surface area contributed by atoms with Crippen LogP contribution in [-0.2, 0) is 17.9 Å². The molecule has 0 unspecified atom stereocenters. The molecule has 0 spiro atoms. The highest BCUT2D eigenvalue weighted by Crippen LogP contribution is 2.32. The van der Waals surface area contributed by atoms with Gasteiger partial charge in [-0.15, -0.1) is 0 Å². The van der Waals surface area contributed by atoms with Crippen molar-refractivity contribution in [3.63, 3.8) is 0 Å². The minimum Gasteiger partial charge on any atom is -0.351 e. The van der Waals surface area contributed by atoms with Crippen molar-refractivity contribution in [2.24, 2.45) is 0 Å². The maximum Gasteiger partial charge on any atom is 0.217 e. The van der Waals surface area contributed by atoms with Crippen molar-refractivity contribution >= 4 is 17.2 Å². The van der Waals surface area contributed by atoms with Crippen LogP contribution < -0.4 is 5.32 Å². The second-order valence-electron chi connectivity index (χ2n) is 5.72. The Morgan fingerprint density at radius 1 is 1.45 bits per heavy atom. The Hall–Kier alpha value is -1.72. The van der Waals surface area contributed by atoms with Gasteiger partial charge in [-0.25, -0.2) is 0 Å². The van der Waals surface area contributed by atoms with Gasteiger partial charge in [0, 0.05) is 13.5 Å². The molecule has 1 amide bonds. The third kappa shape index (κ3) is 3.72. The van der Waals surface area contributed by atoms with Gasteiger partial charge in [-0.1, -0.05) is 6.07 Å². The minimum absolute atomic E-state index is 0.0212. The number of rotatable bonds is 5. The van der Waals surface area contributed by atoms with Gasteiger partial charge in [0.05, 0.1) is 24.0 Å². The summed E-state index contributed by atoms with van der Waals surface area (Å²) in [7, 11) is 0. The smallest absolute Gasteiger partial charge is 0.217 e. The number of hydrogen-bond acceptors (Lipinski definition) is 4. The summed E-state index contributed by atoms with van der Waals surface area (Å²) in [5.41, 5.74) is 3.43. The van der Waals surface area contributed by atoms with E-state index < -0.39 is 0 Å². The van der Waals surface area contributed by atoms with Crippen LogP contribution >= 0.6 is 11.3 Å². The van der Waals surface area contributed by atoms with E-state index in [0.717, 1.165) is 30.9 Å². The van der Waals surface area contributed by atoms with Gasteiger partial charge < -0.3 is 5.32 Å². The second kappa shape index (κ2) is 7.03. The number of hydrogen-bond donors (Lipinski definition) is 1. The molecule has 116 valence electrons. The van der Waals surface area contributed by atoms with E-state index in [9.17, 15) is 4.79 Å². The molecule has 1 aliphatic heterocycles. The highest BCUT2D eigenvalue weighted by atomic mass is 32.1. The average molecular weight is 315 g/mol. The minimum atomic E-state index is -0.0212. The molecule has 0 saturated carbocycles. The van der Waals surface area contributed by atoms with Crippen LogP contribution in [0.3, 0.4) is 0 Å². The first kappa shape index (κ1) is 15.2. The monoisotopic (exact) mass is 315 g/mol. The number of nitrogens with one attached hydrogen (secondary N) is 1. The third-order valence-electron chi connectivity index (χ3n) is 4.02. The van der Waals surface area contributed by atoms with Gasteiger partial charge in [-0.2, -0.15) is 11.3 Å². The summed E-state index contributed by atoms with van der Waals surface area (Å²) in [6.07, 6.45) is 2.37. The normalized spacial score (nSPS) is 18.5. The maximum absolute atomic E-state index is 11.0. The van der Waals surface area contributed by atoms with Gasteiger partial charge >= 0.3 is 0 Å². The fourth-order valence-electron chi connectivity index (χ4n) is 2.96. The molecule has 1 fully saturated rings. The average Bonchev–Trinajstić information content (AvgIpc) is 3.18. The first-order valence-corrected chi connectivity index (χ1v) is 8.62. The van der Waals surface area contributed by atoms with Crippen molar-refractivity contribution in [3.8, 4) is 0 Å². The summed E-state index contributed by atoms with van der Waals surface area (Å²) in [4.78, 5) is 18.3. The highest BCUT2D eigenvalue weighted by molar-refractivity contribution is 7.07. The molecule has 2 aromatic rings. The number of pyridine rings is 1. The molecule has 1 N–H and O–H groups in total. The Bertz CT molecular complexity index is 627. The molecule has 4 nitrogen and oxygen atoms in total. The van der Waals surface area contributed by atoms with E-state index >= 15 is 0 Å². The summed E-state index contributed by atoms with van der Waals surface area (Å²) >= 11 is 1.75. The quantitative estimate of drug-likeness (QED) is 0.922. The molecule has 5 heteroatoms. The van der Waals surface area contributed by atoms with E-state index in [-0.39, 0.29) is 5.91 Å². The number of amides is 1. The maximum atomic E-state index is 11.0. The van der Waals surface area contributed by atoms with Gasteiger partial charge in [0.15, 0.2) is 0 Å². The topological polar surface area (TPSA) is 45.2 Å². The molecular weight excluding hydrogens is 294 g/mol. The van der Waals surface area contributed by atoms with Crippen molar-refractivity contribution in [1.29, 1.82) is 0 Å². The molecule has 1 aliphatic rings. The molecule has 1 saturated heterocycles. The molecule has 0 bridgehead atoms. The molecule has 0 aromatic carbocycles. The van der Waals surface area contributed by atoms with E-state index in [2.05, 4.69) is 33.1 Å². The lowest BCUT2D eigenvalue weighted by atomic mass is 10.1. The van der Waals surface area contributed by atoms with Crippen LogP contribution in [0.5, 0.6) is 0 Å². The Morgan fingerprint density at radius 3 is 3.14 bits per heavy atom. The van der Waals surface area contributed by atoms with Crippen LogP contribution in [0.25, 0.3) is 0 Å². The summed E-state index contributed by atoms with van der Waals surface area (Å²) in [6, 6.07) is 8.70. The number of aromatic nitrogens is 1. The zero-order chi connectivity index (χ0) is 15.4. The molecule has 1 atom stereocenters. The lowest BCUT2D eigenvalue weighted by Crippen LogP contribution is -2.24. The Kier molecular flexibility index (Phi) is 4.85. The lowest BCUT2D eigenvalue weighted by Gasteiger charge is -2.24. The number of carbonyl (C=O) groups excluding carboxylic acids is 1. The zero-order valence-electron chi connectivity index (χ0n) is 12.8. The van der Waals surface area contributed by atoms with Gasteiger partial charge in [0.25, 0.3) is 0 Å². The van der Waals surface area contributed by atoms with Crippen LogP contribution in [0.2, 0.25) is 0 Å². The van der Waals surface area contributed by atoms with E-state index in [1.54, 1.807) is 11.3 Å². The molecule has 3 heterocycles. The van der Waals surface area contributed by atoms with E-state index in [1.807, 2.05) is 12.1 Å². The fraction of sp³-hybridized carbons (Fsp3) is 0.412. The first-order valence-electron chi connectivity index (χ1n) is 7.68. The number of nitrogens with zero attached hydrogens (tertiary/aromatic N) is 2. The molecule has 22 heavy (non-hydrogen) atoms. The van der Waals surface area contributed by atoms with Crippen LogP contribution in [0.1, 0.15) is 42.8 Å². The standard InChI is InChI=1S/C17H21N3OS/c1-13(21)18-10-15-4-2-5-16(19-15)17-6-3-8-20(17)11-14-7-9-22-12-14/h2,4-5,7,9,12,17H,3,6,8,10-11H2,1H3,(H,18,21)/t17-/m0/s1. The van der Waals surface area contributed by atoms with Crippen LogP contribution in [-0.4, -0.2) is 22.3 Å². The molecule has 2 aromatic heterocycles. The van der Waals surface area contributed by atoms with Crippen molar-refractivity contribution in [2.45, 2.75) is 38.9 Å². The SMILES string of the molecule is CC(=O)NCc1cccc([C@@H]2CCCN2Cc2ccsc2)n1. The van der Waals surface area contributed by atoms with E-state index in [1.165, 1.54) is 18.9 Å². The van der Waals surface area contributed by atoms with Gasteiger partial charge in [-0.3, -0.25) is 14.7 Å². The zero-order valence-corrected chi connectivity index (χ0v) is 13.6. The molecular formula is C17H21N3OS. The van der Waals surface area contributed by atoms with Gasteiger partial charge in [0.1, 0.15) is 0 Å². The number of likely N-dealkylation sites (tertiary alicyclic amines) is 1. The van der Waals surface area contributed by atoms with Gasteiger partial charge in [-0.05, 0) is 53.9 Å². The fourth-order valence-corrected chi connectivity index (χ4v) is 3.62. The van der Waals surface area contributed by atoms with Crippen molar-refractivity contribution < 1.29 is 4.79 Å². The first-order chi connectivity index (χ1) is 10.7. The van der Waals surface area contributed by atoms with Crippen molar-refractivity contribution in [3.05, 3.63) is 52.0 Å². The number of carbonyl (C=O) groups is 1. The summed E-state index contributed by atoms with van der Waals surface area (Å²) in [5, 5.41) is 7.16. The van der Waals surface area contributed by atoms with Crippen LogP contribution in [0.4, 0.5) is 0 Å². The van der Waals surface area contributed by atoms with Crippen molar-refractivity contribution in [1.82, 2.24) is 15.2 Å². The largest absolute Gasteiger partial charge is 0.351 e. The summed E-state index contributed by atoms with van der Waals surface area (Å²) in [6.45, 7) is 4.15. The highest BCUT2D eigenvalue weighted by Gasteiger charge is 2.27. The van der Waals surface area contributed by atoms with Crippen molar-refractivity contribution in [2.75, 3.05) is 6.54 Å². The summed E-state index contributed by atoms with van der Waals surface area (Å²) < 4.78 is 0. The molecule has 0 aliphatic carbocycles. The Morgan fingerprint density at radius 2 is 2.36 bits per heavy atom. The van der Waals surface area contributed by atoms with Crippen LogP contribution in [0.15, 0.2) is 35.0 Å². The van der Waals surface area contributed by atoms with E-state index in [0.29, 0.717) is 12.6 Å². The molecule has 3 rings (SSSR count). The summed E-state index contributed by atoms with van der Waals surface area (Å²) in [5.74, 6) is -0.0212. The van der Waals surface area contributed by atoms with E-state index in [4.69, 9.17) is 4.98 Å². The Labute approximate surface area is 135 Å². The number of thiophene rings is 1. The second-order valence-corrected chi connectivity index (χ2v) is 6.50. The molecule has 0 radical (unpaired) electrons. The van der Waals surface area contributed by atoms with Gasteiger partial charge in [0.2, 0.25) is 5.91 Å². The lowest BCUT2D eigenvalue weighted by molar-refractivity contribution is -0.119. The predicted octanol–water partition coefficient (Wildman–Crippen LogP) is 3.12. The Balaban J connectivity index is 1.71. The third-order valence-corrected chi connectivity index (χ3v) is 4.75. The predicted molar refractivity (Wildman–Crippen MR) is 88.5 cm³/mol. The van der Waals surface area contributed by atoms with Crippen LogP contribution in [0, 0.1) is 0 Å².